The molecular formula is C13H15ClN6O4. The van der Waals surface area contributed by atoms with Gasteiger partial charge in [0, 0.05) is 26.0 Å². The summed E-state index contributed by atoms with van der Waals surface area (Å²) in [6, 6.07) is 1.61. The number of aromatic nitrogens is 5. The number of ether oxygens (including phenoxy) is 1. The Hall–Kier alpha value is -2.59. The fraction of sp³-hybridized carbons (Fsp3) is 0.385. The van der Waals surface area contributed by atoms with Gasteiger partial charge >= 0.3 is 0 Å². The number of aryl methyl sites for hydroxylation is 1. The lowest BCUT2D eigenvalue weighted by atomic mass is 10.2. The molecule has 0 radical (unpaired) electrons. The van der Waals surface area contributed by atoms with Crippen molar-refractivity contribution < 1.29 is 19.4 Å². The van der Waals surface area contributed by atoms with Crippen LogP contribution in [0.15, 0.2) is 18.5 Å². The highest BCUT2D eigenvalue weighted by Crippen LogP contribution is 2.22. The fourth-order valence-electron chi connectivity index (χ4n) is 2.22. The predicted molar refractivity (Wildman–Crippen MR) is 81.3 cm³/mol. The molecule has 0 spiro atoms. The lowest BCUT2D eigenvalue weighted by Crippen LogP contribution is -2.43. The van der Waals surface area contributed by atoms with E-state index in [4.69, 9.17) is 26.2 Å². The molecule has 11 heteroatoms. The molecule has 1 N–H and O–H groups in total. The lowest BCUT2D eigenvalue weighted by Gasteiger charge is -2.32. The number of carbonyl (C=O) groups is 2. The molecule has 3 rings (SSSR count). The second-order valence-electron chi connectivity index (χ2n) is 4.73. The number of amides is 1. The summed E-state index contributed by atoms with van der Waals surface area (Å²) in [5.74, 6) is 0.444. The number of carboxylic acid groups (broad SMARTS) is 1. The maximum absolute atomic E-state index is 12.5. The summed E-state index contributed by atoms with van der Waals surface area (Å²) in [5, 5.41) is 18.5. The molecule has 1 atom stereocenters. The molecule has 1 fully saturated rings. The molecule has 1 amide bonds. The van der Waals surface area contributed by atoms with Crippen LogP contribution in [0.2, 0.25) is 5.02 Å². The Morgan fingerprint density at radius 3 is 2.92 bits per heavy atom. The summed E-state index contributed by atoms with van der Waals surface area (Å²) in [6.45, 7) is 1.05. The van der Waals surface area contributed by atoms with E-state index in [-0.39, 0.29) is 18.5 Å². The van der Waals surface area contributed by atoms with E-state index in [0.29, 0.717) is 36.1 Å². The molecule has 3 heterocycles. The zero-order valence-electron chi connectivity index (χ0n) is 12.7. The van der Waals surface area contributed by atoms with Gasteiger partial charge in [0.15, 0.2) is 5.82 Å². The number of tetrazole rings is 1. The minimum Gasteiger partial charge on any atom is -0.483 e. The van der Waals surface area contributed by atoms with Gasteiger partial charge in [-0.3, -0.25) is 14.6 Å². The van der Waals surface area contributed by atoms with Crippen LogP contribution in [-0.4, -0.2) is 67.3 Å². The van der Waals surface area contributed by atoms with Gasteiger partial charge in [0.05, 0.1) is 23.7 Å². The van der Waals surface area contributed by atoms with E-state index < -0.39 is 0 Å². The van der Waals surface area contributed by atoms with Crippen molar-refractivity contribution in [1.82, 2.24) is 30.1 Å². The number of morpholine rings is 1. The SMILES string of the molecule is Cn1nnnc1C1CN(C(=O)c2ccncc2Cl)CCO1.O=CO. The van der Waals surface area contributed by atoms with Crippen LogP contribution in [0.5, 0.6) is 0 Å². The monoisotopic (exact) mass is 354 g/mol. The van der Waals surface area contributed by atoms with Crippen molar-refractivity contribution in [2.24, 2.45) is 7.05 Å². The fourth-order valence-corrected chi connectivity index (χ4v) is 2.42. The van der Waals surface area contributed by atoms with E-state index in [0.717, 1.165) is 0 Å². The molecule has 0 aromatic carbocycles. The van der Waals surface area contributed by atoms with Crippen molar-refractivity contribution in [3.8, 4) is 0 Å². The van der Waals surface area contributed by atoms with E-state index in [2.05, 4.69) is 20.5 Å². The number of hydrogen-bond donors (Lipinski definition) is 1. The van der Waals surface area contributed by atoms with E-state index in [1.54, 1.807) is 24.2 Å². The molecule has 2 aromatic rings. The van der Waals surface area contributed by atoms with Crippen LogP contribution in [0.3, 0.4) is 0 Å². The van der Waals surface area contributed by atoms with E-state index in [1.165, 1.54) is 10.9 Å². The normalized spacial score (nSPS) is 16.9. The number of pyridine rings is 1. The molecule has 1 aliphatic rings. The zero-order valence-corrected chi connectivity index (χ0v) is 13.5. The Balaban J connectivity index is 0.000000647. The maximum atomic E-state index is 12.5. The summed E-state index contributed by atoms with van der Waals surface area (Å²) >= 11 is 6.02. The highest BCUT2D eigenvalue weighted by molar-refractivity contribution is 6.33. The molecule has 10 nitrogen and oxygen atoms in total. The molecule has 0 bridgehead atoms. The summed E-state index contributed by atoms with van der Waals surface area (Å²) in [5.41, 5.74) is 0.434. The van der Waals surface area contributed by atoms with Gasteiger partial charge in [-0.05, 0) is 16.5 Å². The zero-order chi connectivity index (χ0) is 17.5. The van der Waals surface area contributed by atoms with Crippen LogP contribution in [0, 0.1) is 0 Å². The predicted octanol–water partition coefficient (Wildman–Crippen LogP) is 0.173. The minimum atomic E-state index is -0.344. The highest BCUT2D eigenvalue weighted by atomic mass is 35.5. The van der Waals surface area contributed by atoms with Crippen molar-refractivity contribution in [3.05, 3.63) is 34.9 Å². The van der Waals surface area contributed by atoms with Crippen molar-refractivity contribution in [1.29, 1.82) is 0 Å². The molecule has 1 saturated heterocycles. The Morgan fingerprint density at radius 1 is 1.54 bits per heavy atom. The average Bonchev–Trinajstić information content (AvgIpc) is 3.02. The van der Waals surface area contributed by atoms with Gasteiger partial charge in [0.1, 0.15) is 6.10 Å². The van der Waals surface area contributed by atoms with Gasteiger partial charge in [-0.2, -0.15) is 0 Å². The topological polar surface area (TPSA) is 123 Å². The third-order valence-corrected chi connectivity index (χ3v) is 3.60. The number of halogens is 1. The van der Waals surface area contributed by atoms with Gasteiger partial charge in [0.25, 0.3) is 12.4 Å². The quantitative estimate of drug-likeness (QED) is 0.757. The Labute approximate surface area is 142 Å². The lowest BCUT2D eigenvalue weighted by molar-refractivity contribution is -0.122. The molecule has 0 saturated carbocycles. The Bertz CT molecular complexity index is 709. The van der Waals surface area contributed by atoms with Crippen molar-refractivity contribution in [2.75, 3.05) is 19.7 Å². The maximum Gasteiger partial charge on any atom is 0.290 e. The van der Waals surface area contributed by atoms with E-state index in [1.807, 2.05) is 0 Å². The van der Waals surface area contributed by atoms with Crippen LogP contribution in [0.25, 0.3) is 0 Å². The summed E-state index contributed by atoms with van der Waals surface area (Å²) in [7, 11) is 1.74. The Morgan fingerprint density at radius 2 is 2.29 bits per heavy atom. The summed E-state index contributed by atoms with van der Waals surface area (Å²) in [4.78, 5) is 26.4. The molecule has 0 aliphatic carbocycles. The second-order valence-corrected chi connectivity index (χ2v) is 5.14. The first-order valence-corrected chi connectivity index (χ1v) is 7.26. The largest absolute Gasteiger partial charge is 0.483 e. The molecule has 2 aromatic heterocycles. The molecule has 1 unspecified atom stereocenters. The summed E-state index contributed by atoms with van der Waals surface area (Å²) < 4.78 is 7.19. The van der Waals surface area contributed by atoms with Crippen molar-refractivity contribution in [3.63, 3.8) is 0 Å². The first-order valence-electron chi connectivity index (χ1n) is 6.89. The molecule has 128 valence electrons. The number of carbonyl (C=O) groups excluding carboxylic acids is 1. The van der Waals surface area contributed by atoms with Crippen LogP contribution >= 0.6 is 11.6 Å². The van der Waals surface area contributed by atoms with Crippen LogP contribution in [-0.2, 0) is 16.6 Å². The third kappa shape index (κ3) is 4.03. The molecule has 1 aliphatic heterocycles. The van der Waals surface area contributed by atoms with Crippen LogP contribution in [0.4, 0.5) is 0 Å². The van der Waals surface area contributed by atoms with Crippen LogP contribution in [0.1, 0.15) is 22.3 Å². The first kappa shape index (κ1) is 17.8. The van der Waals surface area contributed by atoms with Gasteiger partial charge < -0.3 is 14.7 Å². The average molecular weight is 355 g/mol. The molecule has 24 heavy (non-hydrogen) atoms. The number of rotatable bonds is 2. The smallest absolute Gasteiger partial charge is 0.290 e. The van der Waals surface area contributed by atoms with Crippen molar-refractivity contribution in [2.45, 2.75) is 6.10 Å². The van der Waals surface area contributed by atoms with Gasteiger partial charge in [-0.15, -0.1) is 5.10 Å². The van der Waals surface area contributed by atoms with Gasteiger partial charge in [-0.1, -0.05) is 11.6 Å². The Kier molecular flexibility index (Phi) is 6.15. The number of hydrogen-bond acceptors (Lipinski definition) is 7. The standard InChI is InChI=1S/C12H13ClN6O2.CH2O2/c1-18-11(15-16-17-18)10-7-19(4-5-21-10)12(20)8-2-3-14-6-9(8)13;2-1-3/h2-3,6,10H,4-5,7H2,1H3;1H,(H,2,3). The van der Waals surface area contributed by atoms with Gasteiger partial charge in [0.2, 0.25) is 0 Å². The van der Waals surface area contributed by atoms with Crippen LogP contribution < -0.4 is 0 Å². The second kappa shape index (κ2) is 8.31. The van der Waals surface area contributed by atoms with Crippen molar-refractivity contribution >= 4 is 24.0 Å². The molecular weight excluding hydrogens is 340 g/mol. The number of nitrogens with zero attached hydrogens (tertiary/aromatic N) is 6. The van der Waals surface area contributed by atoms with E-state index in [9.17, 15) is 4.79 Å². The first-order chi connectivity index (χ1) is 11.6. The van der Waals surface area contributed by atoms with E-state index >= 15 is 0 Å². The summed E-state index contributed by atoms with van der Waals surface area (Å²) in [6.07, 6.45) is 2.66. The highest BCUT2D eigenvalue weighted by Gasteiger charge is 2.29. The third-order valence-electron chi connectivity index (χ3n) is 3.30. The van der Waals surface area contributed by atoms with Gasteiger partial charge in [-0.25, -0.2) is 4.68 Å². The minimum absolute atomic E-state index is 0.147.